The standard InChI is InChI=1S/C12H16BrN5S/c1-7-11(17-14)15-8(2)16-12(7)18(3)5-9-4-10(13)19-6-9/h4,6H,5,14H2,1-3H3,(H,15,16,17). The maximum absolute atomic E-state index is 5.48. The Morgan fingerprint density at radius 2 is 2.16 bits per heavy atom. The van der Waals surface area contributed by atoms with E-state index in [1.807, 2.05) is 20.9 Å². The quantitative estimate of drug-likeness (QED) is 0.661. The Morgan fingerprint density at radius 1 is 1.42 bits per heavy atom. The van der Waals surface area contributed by atoms with E-state index in [2.05, 4.69) is 47.7 Å². The molecular formula is C12H16BrN5S. The van der Waals surface area contributed by atoms with Gasteiger partial charge in [0, 0.05) is 19.2 Å². The minimum atomic E-state index is 0.667. The molecule has 2 aromatic heterocycles. The number of nitrogens with two attached hydrogens (primary N) is 1. The van der Waals surface area contributed by atoms with E-state index in [0.29, 0.717) is 11.6 Å². The Hall–Kier alpha value is -1.18. The van der Waals surface area contributed by atoms with E-state index in [1.54, 1.807) is 11.3 Å². The average molecular weight is 342 g/mol. The van der Waals surface area contributed by atoms with Gasteiger partial charge in [0.05, 0.1) is 3.79 Å². The van der Waals surface area contributed by atoms with E-state index in [4.69, 9.17) is 5.84 Å². The number of aromatic nitrogens is 2. The van der Waals surface area contributed by atoms with Crippen molar-refractivity contribution in [2.24, 2.45) is 5.84 Å². The molecular weight excluding hydrogens is 326 g/mol. The first-order valence-electron chi connectivity index (χ1n) is 5.77. The maximum Gasteiger partial charge on any atom is 0.148 e. The number of aryl methyl sites for hydroxylation is 1. The van der Waals surface area contributed by atoms with E-state index < -0.39 is 0 Å². The summed E-state index contributed by atoms with van der Waals surface area (Å²) in [6.45, 7) is 4.62. The van der Waals surface area contributed by atoms with Gasteiger partial charge in [-0.05, 0) is 46.8 Å². The number of nitrogen functional groups attached to an aromatic ring is 1. The molecule has 0 aliphatic rings. The minimum absolute atomic E-state index is 0.667. The lowest BCUT2D eigenvalue weighted by Gasteiger charge is -2.21. The van der Waals surface area contributed by atoms with Gasteiger partial charge in [-0.3, -0.25) is 0 Å². The molecule has 0 fully saturated rings. The number of thiophene rings is 1. The number of hydrogen-bond donors (Lipinski definition) is 2. The summed E-state index contributed by atoms with van der Waals surface area (Å²) in [6.07, 6.45) is 0. The summed E-state index contributed by atoms with van der Waals surface area (Å²) >= 11 is 5.16. The Morgan fingerprint density at radius 3 is 2.74 bits per heavy atom. The van der Waals surface area contributed by atoms with Crippen LogP contribution in [0.4, 0.5) is 11.6 Å². The summed E-state index contributed by atoms with van der Waals surface area (Å²) < 4.78 is 1.14. The first kappa shape index (κ1) is 14.2. The van der Waals surface area contributed by atoms with Gasteiger partial charge in [-0.15, -0.1) is 11.3 Å². The van der Waals surface area contributed by atoms with Crippen molar-refractivity contribution >= 4 is 38.9 Å². The van der Waals surface area contributed by atoms with Crippen molar-refractivity contribution in [3.05, 3.63) is 32.2 Å². The molecule has 102 valence electrons. The predicted molar refractivity (Wildman–Crippen MR) is 83.4 cm³/mol. The molecule has 2 aromatic rings. The van der Waals surface area contributed by atoms with Gasteiger partial charge >= 0.3 is 0 Å². The summed E-state index contributed by atoms with van der Waals surface area (Å²) in [5.41, 5.74) is 4.81. The molecule has 0 spiro atoms. The highest BCUT2D eigenvalue weighted by molar-refractivity contribution is 9.11. The molecule has 3 N–H and O–H groups in total. The molecule has 0 radical (unpaired) electrons. The van der Waals surface area contributed by atoms with Crippen molar-refractivity contribution in [2.75, 3.05) is 17.4 Å². The Labute approximate surface area is 125 Å². The molecule has 0 unspecified atom stereocenters. The van der Waals surface area contributed by atoms with Crippen LogP contribution in [0.15, 0.2) is 15.2 Å². The average Bonchev–Trinajstić information content (AvgIpc) is 2.77. The lowest BCUT2D eigenvalue weighted by Crippen LogP contribution is -2.21. The van der Waals surface area contributed by atoms with E-state index in [-0.39, 0.29) is 0 Å². The molecule has 2 rings (SSSR count). The molecule has 0 aromatic carbocycles. The second-order valence-corrected chi connectivity index (χ2v) is 6.62. The van der Waals surface area contributed by atoms with Crippen LogP contribution < -0.4 is 16.2 Å². The molecule has 0 aliphatic heterocycles. The molecule has 0 saturated carbocycles. The van der Waals surface area contributed by atoms with Gasteiger partial charge in [-0.25, -0.2) is 15.8 Å². The number of nitrogens with zero attached hydrogens (tertiary/aromatic N) is 3. The molecule has 5 nitrogen and oxygen atoms in total. The third kappa shape index (κ3) is 3.23. The molecule has 0 atom stereocenters. The molecule has 0 saturated heterocycles. The highest BCUT2D eigenvalue weighted by atomic mass is 79.9. The molecule has 0 bridgehead atoms. The second-order valence-electron chi connectivity index (χ2n) is 4.33. The summed E-state index contributed by atoms with van der Waals surface area (Å²) in [7, 11) is 2.01. The highest BCUT2D eigenvalue weighted by Crippen LogP contribution is 2.26. The molecule has 2 heterocycles. The van der Waals surface area contributed by atoms with Gasteiger partial charge in [-0.1, -0.05) is 0 Å². The first-order valence-corrected chi connectivity index (χ1v) is 7.44. The van der Waals surface area contributed by atoms with Gasteiger partial charge in [-0.2, -0.15) is 0 Å². The normalized spacial score (nSPS) is 10.6. The van der Waals surface area contributed by atoms with E-state index >= 15 is 0 Å². The van der Waals surface area contributed by atoms with E-state index in [1.165, 1.54) is 5.56 Å². The fourth-order valence-corrected chi connectivity index (χ4v) is 3.10. The SMILES string of the molecule is Cc1nc(NN)c(C)c(N(C)Cc2csc(Br)c2)n1. The van der Waals surface area contributed by atoms with Crippen molar-refractivity contribution in [2.45, 2.75) is 20.4 Å². The Balaban J connectivity index is 2.28. The van der Waals surface area contributed by atoms with E-state index in [0.717, 1.165) is 21.7 Å². The van der Waals surface area contributed by atoms with Gasteiger partial charge in [0.25, 0.3) is 0 Å². The zero-order chi connectivity index (χ0) is 14.0. The number of hydrogen-bond acceptors (Lipinski definition) is 6. The van der Waals surface area contributed by atoms with Crippen molar-refractivity contribution in [1.82, 2.24) is 9.97 Å². The summed E-state index contributed by atoms with van der Waals surface area (Å²) in [4.78, 5) is 10.9. The topological polar surface area (TPSA) is 67.1 Å². The third-order valence-electron chi connectivity index (χ3n) is 2.77. The van der Waals surface area contributed by atoms with Crippen LogP contribution in [0.5, 0.6) is 0 Å². The Bertz CT molecular complexity index is 583. The van der Waals surface area contributed by atoms with Crippen molar-refractivity contribution in [3.8, 4) is 0 Å². The Kier molecular flexibility index (Phi) is 4.38. The monoisotopic (exact) mass is 341 g/mol. The van der Waals surface area contributed by atoms with Crippen LogP contribution in [0.3, 0.4) is 0 Å². The zero-order valence-corrected chi connectivity index (χ0v) is 13.5. The fraction of sp³-hybridized carbons (Fsp3) is 0.333. The maximum atomic E-state index is 5.48. The van der Waals surface area contributed by atoms with E-state index in [9.17, 15) is 0 Å². The van der Waals surface area contributed by atoms with Gasteiger partial charge in [0.15, 0.2) is 0 Å². The van der Waals surface area contributed by atoms with Crippen LogP contribution in [0.1, 0.15) is 17.0 Å². The van der Waals surface area contributed by atoms with Crippen molar-refractivity contribution in [3.63, 3.8) is 0 Å². The number of hydrazine groups is 1. The molecule has 0 aliphatic carbocycles. The van der Waals surface area contributed by atoms with Crippen molar-refractivity contribution in [1.29, 1.82) is 0 Å². The minimum Gasteiger partial charge on any atom is -0.355 e. The van der Waals surface area contributed by atoms with Crippen LogP contribution in [0, 0.1) is 13.8 Å². The number of anilines is 2. The lowest BCUT2D eigenvalue weighted by molar-refractivity contribution is 0.872. The zero-order valence-electron chi connectivity index (χ0n) is 11.1. The molecule has 7 heteroatoms. The van der Waals surface area contributed by atoms with Gasteiger partial charge < -0.3 is 10.3 Å². The number of nitrogens with one attached hydrogen (secondary N) is 1. The van der Waals surface area contributed by atoms with Crippen LogP contribution in [-0.4, -0.2) is 17.0 Å². The summed E-state index contributed by atoms with van der Waals surface area (Å²) in [5.74, 6) is 7.74. The van der Waals surface area contributed by atoms with Crippen LogP contribution in [0.2, 0.25) is 0 Å². The van der Waals surface area contributed by atoms with Crippen LogP contribution in [0.25, 0.3) is 0 Å². The third-order valence-corrected chi connectivity index (χ3v) is 4.32. The molecule has 0 amide bonds. The summed E-state index contributed by atoms with van der Waals surface area (Å²) in [5, 5.41) is 2.13. The number of halogens is 1. The van der Waals surface area contributed by atoms with Gasteiger partial charge in [0.1, 0.15) is 17.5 Å². The van der Waals surface area contributed by atoms with Crippen LogP contribution >= 0.6 is 27.3 Å². The van der Waals surface area contributed by atoms with Crippen molar-refractivity contribution < 1.29 is 0 Å². The highest BCUT2D eigenvalue weighted by Gasteiger charge is 2.13. The van der Waals surface area contributed by atoms with Crippen LogP contribution in [-0.2, 0) is 6.54 Å². The largest absolute Gasteiger partial charge is 0.355 e. The lowest BCUT2D eigenvalue weighted by atomic mass is 10.2. The first-order chi connectivity index (χ1) is 9.01. The summed E-state index contributed by atoms with van der Waals surface area (Å²) in [6, 6.07) is 2.12. The second kappa shape index (κ2) is 5.85. The smallest absolute Gasteiger partial charge is 0.148 e. The number of rotatable bonds is 4. The predicted octanol–water partition coefficient (Wildman–Crippen LogP) is 2.84. The van der Waals surface area contributed by atoms with Gasteiger partial charge in [0.2, 0.25) is 0 Å². The molecule has 19 heavy (non-hydrogen) atoms. The fourth-order valence-electron chi connectivity index (χ4n) is 1.90.